The number of nitroso groups, excluding NO2 is 1. The number of sulfonamides is 1. The summed E-state index contributed by atoms with van der Waals surface area (Å²) in [4.78, 5) is 57.2. The lowest BCUT2D eigenvalue weighted by atomic mass is 10.1. The van der Waals surface area contributed by atoms with E-state index in [1.165, 1.54) is 59.9 Å². The number of hydrogen-bond acceptors (Lipinski definition) is 11. The molecule has 5 aromatic rings. The highest BCUT2D eigenvalue weighted by molar-refractivity contribution is 7.89. The van der Waals surface area contributed by atoms with E-state index in [9.17, 15) is 27.7 Å². The number of hydrogen-bond donors (Lipinski definition) is 2. The van der Waals surface area contributed by atoms with Crippen LogP contribution in [-0.2, 0) is 14.8 Å². The molecule has 1 aliphatic rings. The summed E-state index contributed by atoms with van der Waals surface area (Å²) < 4.78 is 40.4. The smallest absolute Gasteiger partial charge is 0.253 e. The fourth-order valence-electron chi connectivity index (χ4n) is 6.57. The maximum absolute atomic E-state index is 14.0. The van der Waals surface area contributed by atoms with Crippen LogP contribution in [0.5, 0.6) is 11.5 Å². The van der Waals surface area contributed by atoms with Crippen molar-refractivity contribution in [3.05, 3.63) is 118 Å². The summed E-state index contributed by atoms with van der Waals surface area (Å²) in [6, 6.07) is 23.5. The molecule has 2 amide bonds. The van der Waals surface area contributed by atoms with Gasteiger partial charge in [0, 0.05) is 72.1 Å². The average molecular weight is 827 g/mol. The van der Waals surface area contributed by atoms with E-state index in [1.54, 1.807) is 35.2 Å². The Kier molecular flexibility index (Phi) is 13.7. The van der Waals surface area contributed by atoms with Gasteiger partial charge in [-0.1, -0.05) is 11.6 Å². The van der Waals surface area contributed by atoms with Crippen LogP contribution in [0.3, 0.4) is 0 Å². The monoisotopic (exact) mass is 826 g/mol. The Bertz CT molecular complexity index is 2410. The summed E-state index contributed by atoms with van der Waals surface area (Å²) >= 11 is 6.28. The third-order valence-corrected chi connectivity index (χ3v) is 11.8. The number of benzene rings is 4. The molecule has 16 heteroatoms. The Hall–Kier alpha value is -5.90. The first kappa shape index (κ1) is 41.7. The van der Waals surface area contributed by atoms with Gasteiger partial charge < -0.3 is 25.0 Å². The van der Waals surface area contributed by atoms with Gasteiger partial charge in [0.1, 0.15) is 17.2 Å². The lowest BCUT2D eigenvalue weighted by molar-refractivity contribution is -0.116. The number of ketones is 1. The van der Waals surface area contributed by atoms with E-state index < -0.39 is 28.3 Å². The molecule has 1 aromatic heterocycles. The minimum Gasteiger partial charge on any atom is -0.497 e. The Morgan fingerprint density at radius 1 is 0.879 bits per heavy atom. The molecule has 1 saturated heterocycles. The first-order valence-electron chi connectivity index (χ1n) is 18.7. The number of methoxy groups -OCH3 is 1. The molecule has 2 heterocycles. The van der Waals surface area contributed by atoms with Crippen molar-refractivity contribution in [2.45, 2.75) is 37.5 Å². The van der Waals surface area contributed by atoms with Gasteiger partial charge in [-0.25, -0.2) is 8.42 Å². The zero-order valence-corrected chi connectivity index (χ0v) is 33.6. The van der Waals surface area contributed by atoms with Crippen molar-refractivity contribution in [3.8, 4) is 11.5 Å². The molecule has 0 aliphatic carbocycles. The first-order valence-corrected chi connectivity index (χ1v) is 20.5. The fourth-order valence-corrected chi connectivity index (χ4v) is 8.19. The number of ether oxygens (including phenoxy) is 2. The number of aryl methyl sites for hydroxylation is 1. The normalized spacial score (nSPS) is 12.9. The standard InChI is InChI=1S/C42H43ClN6O8S/c1-28-24-38(35-26-31(43)9-17-36(35)45-28)44-19-23-49(58(54,55)34-14-12-33(56-2)13-15-34)22-18-41(51)46-37-16-8-30(42(52)48-20-4-3-5-21-48)25-40(37)57-27-39(50)29-6-10-32(47-53)11-7-29/h6-17,24-26H,3-5,18-23,27H2,1-2H3,(H,44,45)(H,46,51). The van der Waals surface area contributed by atoms with E-state index in [0.29, 0.717) is 29.4 Å². The van der Waals surface area contributed by atoms with E-state index in [4.69, 9.17) is 21.1 Å². The molecule has 302 valence electrons. The van der Waals surface area contributed by atoms with Crippen molar-refractivity contribution in [3.63, 3.8) is 0 Å². The van der Waals surface area contributed by atoms with E-state index in [0.717, 1.165) is 41.5 Å². The average Bonchev–Trinajstić information content (AvgIpc) is 3.24. The van der Waals surface area contributed by atoms with Crippen LogP contribution in [0.2, 0.25) is 5.02 Å². The molecule has 1 fully saturated rings. The molecule has 58 heavy (non-hydrogen) atoms. The molecule has 6 rings (SSSR count). The molecule has 0 spiro atoms. The van der Waals surface area contributed by atoms with Gasteiger partial charge in [0.2, 0.25) is 15.9 Å². The summed E-state index contributed by atoms with van der Waals surface area (Å²) in [5, 5.41) is 10.3. The number of fused-ring (bicyclic) bond motifs is 1. The molecular formula is C42H43ClN6O8S. The molecule has 0 radical (unpaired) electrons. The van der Waals surface area contributed by atoms with E-state index in [2.05, 4.69) is 20.8 Å². The number of aromatic nitrogens is 1. The largest absolute Gasteiger partial charge is 0.497 e. The number of carbonyl (C=O) groups excluding carboxylic acids is 3. The Morgan fingerprint density at radius 3 is 2.31 bits per heavy atom. The second-order valence-electron chi connectivity index (χ2n) is 13.7. The van der Waals surface area contributed by atoms with Gasteiger partial charge in [-0.15, -0.1) is 4.91 Å². The summed E-state index contributed by atoms with van der Waals surface area (Å²) in [5.74, 6) is -0.564. The molecule has 0 bridgehead atoms. The van der Waals surface area contributed by atoms with Gasteiger partial charge in [0.05, 0.1) is 23.2 Å². The molecule has 1 aliphatic heterocycles. The van der Waals surface area contributed by atoms with Gasteiger partial charge in [0.15, 0.2) is 12.4 Å². The molecule has 4 aromatic carbocycles. The van der Waals surface area contributed by atoms with Crippen molar-refractivity contribution in [2.75, 3.05) is 57.1 Å². The molecular weight excluding hydrogens is 784 g/mol. The molecule has 2 N–H and O–H groups in total. The quantitative estimate of drug-likeness (QED) is 0.0701. The van der Waals surface area contributed by atoms with Gasteiger partial charge >= 0.3 is 0 Å². The van der Waals surface area contributed by atoms with Crippen LogP contribution in [0.1, 0.15) is 52.1 Å². The number of amides is 2. The van der Waals surface area contributed by atoms with Crippen LogP contribution in [0.15, 0.2) is 101 Å². The zero-order chi connectivity index (χ0) is 41.2. The van der Waals surface area contributed by atoms with Gasteiger partial charge in [0.25, 0.3) is 5.91 Å². The van der Waals surface area contributed by atoms with Crippen LogP contribution in [-0.4, -0.2) is 86.6 Å². The predicted octanol–water partition coefficient (Wildman–Crippen LogP) is 7.62. The van der Waals surface area contributed by atoms with Crippen LogP contribution in [0.4, 0.5) is 17.1 Å². The Morgan fingerprint density at radius 2 is 1.60 bits per heavy atom. The van der Waals surface area contributed by atoms with Crippen molar-refractivity contribution < 1.29 is 32.3 Å². The molecule has 0 atom stereocenters. The maximum Gasteiger partial charge on any atom is 0.253 e. The summed E-state index contributed by atoms with van der Waals surface area (Å²) in [6.45, 7) is 2.67. The van der Waals surface area contributed by atoms with Gasteiger partial charge in [-0.2, -0.15) is 4.31 Å². The van der Waals surface area contributed by atoms with Gasteiger partial charge in [-0.05, 0) is 122 Å². The second kappa shape index (κ2) is 19.0. The molecule has 0 unspecified atom stereocenters. The lowest BCUT2D eigenvalue weighted by Crippen LogP contribution is -2.37. The number of carbonyl (C=O) groups is 3. The molecule has 0 saturated carbocycles. The zero-order valence-electron chi connectivity index (χ0n) is 32.1. The molecule has 14 nitrogen and oxygen atoms in total. The summed E-state index contributed by atoms with van der Waals surface area (Å²) in [6.07, 6.45) is 2.59. The van der Waals surface area contributed by atoms with E-state index in [-0.39, 0.29) is 59.5 Å². The summed E-state index contributed by atoms with van der Waals surface area (Å²) in [7, 11) is -2.61. The number of rotatable bonds is 17. The summed E-state index contributed by atoms with van der Waals surface area (Å²) in [5.41, 5.74) is 3.19. The fraction of sp³-hybridized carbons (Fsp3) is 0.286. The number of nitrogens with one attached hydrogen (secondary N) is 2. The topological polar surface area (TPSA) is 177 Å². The van der Waals surface area contributed by atoms with Crippen molar-refractivity contribution in [1.82, 2.24) is 14.2 Å². The highest BCUT2D eigenvalue weighted by Crippen LogP contribution is 2.29. The van der Waals surface area contributed by atoms with Crippen LogP contribution >= 0.6 is 11.6 Å². The minimum absolute atomic E-state index is 0.00125. The van der Waals surface area contributed by atoms with Crippen molar-refractivity contribution >= 4 is 67.2 Å². The second-order valence-corrected chi connectivity index (χ2v) is 16.1. The Labute approximate surface area is 341 Å². The third kappa shape index (κ3) is 10.3. The van der Waals surface area contributed by atoms with Crippen LogP contribution in [0.25, 0.3) is 10.9 Å². The minimum atomic E-state index is -4.09. The van der Waals surface area contributed by atoms with Crippen LogP contribution in [0, 0.1) is 11.8 Å². The third-order valence-electron chi connectivity index (χ3n) is 9.66. The SMILES string of the molecule is COc1ccc(S(=O)(=O)N(CCNc2cc(C)nc3ccc(Cl)cc23)CCC(=O)Nc2ccc(C(=O)N3CCCCC3)cc2OCC(=O)c2ccc(N=O)cc2)cc1. The Balaban J connectivity index is 1.20. The van der Waals surface area contributed by atoms with Gasteiger partial charge in [-0.3, -0.25) is 19.4 Å². The predicted molar refractivity (Wildman–Crippen MR) is 223 cm³/mol. The highest BCUT2D eigenvalue weighted by Gasteiger charge is 2.26. The number of anilines is 2. The van der Waals surface area contributed by atoms with E-state index >= 15 is 0 Å². The number of halogens is 1. The maximum atomic E-state index is 14.0. The number of pyridine rings is 1. The lowest BCUT2D eigenvalue weighted by Gasteiger charge is -2.27. The first-order chi connectivity index (χ1) is 27.9. The van der Waals surface area contributed by atoms with Crippen LogP contribution < -0.4 is 20.1 Å². The highest BCUT2D eigenvalue weighted by atomic mass is 35.5. The van der Waals surface area contributed by atoms with Crippen molar-refractivity contribution in [2.24, 2.45) is 5.18 Å². The van der Waals surface area contributed by atoms with E-state index in [1.807, 2.05) is 19.1 Å². The number of likely N-dealkylation sites (tertiary alicyclic amines) is 1. The number of nitrogens with zero attached hydrogens (tertiary/aromatic N) is 4. The van der Waals surface area contributed by atoms with Crippen molar-refractivity contribution in [1.29, 1.82) is 0 Å². The number of Topliss-reactive ketones (excluding diaryl/α,β-unsaturated/α-hetero) is 1. The number of piperidine rings is 1.